The molecule has 2 saturated heterocycles. The SMILES string of the molecule is CCC(NC(=O)CC1CCCN1)C(=O)N1CCOCC1. The number of amides is 2. The zero-order valence-corrected chi connectivity index (χ0v) is 12.2. The van der Waals surface area contributed by atoms with Crippen molar-refractivity contribution in [1.82, 2.24) is 15.5 Å². The van der Waals surface area contributed by atoms with Crippen LogP contribution in [0.3, 0.4) is 0 Å². The Hall–Kier alpha value is -1.14. The summed E-state index contributed by atoms with van der Waals surface area (Å²) in [6.07, 6.45) is 3.26. The highest BCUT2D eigenvalue weighted by molar-refractivity contribution is 5.87. The quantitative estimate of drug-likeness (QED) is 0.738. The molecule has 0 bridgehead atoms. The molecule has 114 valence electrons. The number of hydrogen-bond donors (Lipinski definition) is 2. The third-order valence-electron chi connectivity index (χ3n) is 3.96. The summed E-state index contributed by atoms with van der Waals surface area (Å²) in [6, 6.07) is -0.131. The van der Waals surface area contributed by atoms with Gasteiger partial charge in [-0.15, -0.1) is 0 Å². The second-order valence-electron chi connectivity index (χ2n) is 5.46. The van der Waals surface area contributed by atoms with Gasteiger partial charge in [-0.3, -0.25) is 9.59 Å². The van der Waals surface area contributed by atoms with Crippen molar-refractivity contribution >= 4 is 11.8 Å². The number of morpholine rings is 1. The maximum Gasteiger partial charge on any atom is 0.245 e. The van der Waals surface area contributed by atoms with Gasteiger partial charge in [-0.05, 0) is 25.8 Å². The Morgan fingerprint density at radius 2 is 2.15 bits per heavy atom. The van der Waals surface area contributed by atoms with E-state index in [1.807, 2.05) is 6.92 Å². The van der Waals surface area contributed by atoms with Crippen molar-refractivity contribution in [3.63, 3.8) is 0 Å². The molecule has 0 spiro atoms. The van der Waals surface area contributed by atoms with E-state index in [0.29, 0.717) is 39.1 Å². The van der Waals surface area contributed by atoms with Gasteiger partial charge in [0.25, 0.3) is 0 Å². The predicted molar refractivity (Wildman–Crippen MR) is 75.3 cm³/mol. The first-order chi connectivity index (χ1) is 9.70. The predicted octanol–water partition coefficient (Wildman–Crippen LogP) is -0.118. The molecule has 2 unspecified atom stereocenters. The summed E-state index contributed by atoms with van der Waals surface area (Å²) < 4.78 is 5.24. The highest BCUT2D eigenvalue weighted by Crippen LogP contribution is 2.09. The number of hydrogen-bond acceptors (Lipinski definition) is 4. The number of carbonyl (C=O) groups is 2. The van der Waals surface area contributed by atoms with Crippen LogP contribution in [0, 0.1) is 0 Å². The molecule has 0 radical (unpaired) electrons. The van der Waals surface area contributed by atoms with Gasteiger partial charge in [-0.2, -0.15) is 0 Å². The minimum atomic E-state index is -0.401. The average molecular weight is 283 g/mol. The summed E-state index contributed by atoms with van der Waals surface area (Å²) in [4.78, 5) is 26.1. The molecule has 20 heavy (non-hydrogen) atoms. The van der Waals surface area contributed by atoms with Crippen LogP contribution in [0.25, 0.3) is 0 Å². The van der Waals surface area contributed by atoms with Crippen molar-refractivity contribution in [2.75, 3.05) is 32.8 Å². The van der Waals surface area contributed by atoms with Gasteiger partial charge < -0.3 is 20.3 Å². The van der Waals surface area contributed by atoms with Crippen LogP contribution in [0.4, 0.5) is 0 Å². The molecule has 6 heteroatoms. The lowest BCUT2D eigenvalue weighted by Gasteiger charge is -2.30. The molecule has 2 amide bonds. The van der Waals surface area contributed by atoms with Crippen LogP contribution in [0.15, 0.2) is 0 Å². The summed E-state index contributed by atoms with van der Waals surface area (Å²) in [5.74, 6) is -0.0126. The van der Waals surface area contributed by atoms with E-state index in [1.165, 1.54) is 0 Å². The molecule has 0 aliphatic carbocycles. The maximum absolute atomic E-state index is 12.3. The van der Waals surface area contributed by atoms with Crippen molar-refractivity contribution in [1.29, 1.82) is 0 Å². The van der Waals surface area contributed by atoms with Gasteiger partial charge in [-0.25, -0.2) is 0 Å². The fraction of sp³-hybridized carbons (Fsp3) is 0.857. The van der Waals surface area contributed by atoms with E-state index in [1.54, 1.807) is 4.90 Å². The van der Waals surface area contributed by atoms with E-state index >= 15 is 0 Å². The average Bonchev–Trinajstić information content (AvgIpc) is 2.97. The molecule has 6 nitrogen and oxygen atoms in total. The molecule has 2 fully saturated rings. The normalized spacial score (nSPS) is 24.4. The first kappa shape index (κ1) is 15.3. The van der Waals surface area contributed by atoms with Crippen molar-refractivity contribution < 1.29 is 14.3 Å². The first-order valence-electron chi connectivity index (χ1n) is 7.60. The molecule has 2 aliphatic heterocycles. The largest absolute Gasteiger partial charge is 0.378 e. The lowest BCUT2D eigenvalue weighted by molar-refractivity contribution is -0.140. The van der Waals surface area contributed by atoms with Gasteiger partial charge in [0.2, 0.25) is 11.8 Å². The zero-order valence-electron chi connectivity index (χ0n) is 12.2. The molecular weight excluding hydrogens is 258 g/mol. The summed E-state index contributed by atoms with van der Waals surface area (Å²) in [7, 11) is 0. The Morgan fingerprint density at radius 1 is 1.40 bits per heavy atom. The highest BCUT2D eigenvalue weighted by Gasteiger charge is 2.27. The third-order valence-corrected chi connectivity index (χ3v) is 3.96. The number of carbonyl (C=O) groups excluding carboxylic acids is 2. The van der Waals surface area contributed by atoms with E-state index in [2.05, 4.69) is 10.6 Å². The van der Waals surface area contributed by atoms with Gasteiger partial charge in [-0.1, -0.05) is 6.92 Å². The molecule has 0 saturated carbocycles. The van der Waals surface area contributed by atoms with Gasteiger partial charge in [0.05, 0.1) is 13.2 Å². The smallest absolute Gasteiger partial charge is 0.245 e. The molecule has 2 N–H and O–H groups in total. The molecule has 0 aromatic heterocycles. The topological polar surface area (TPSA) is 70.7 Å². The summed E-state index contributed by atoms with van der Waals surface area (Å²) in [5.41, 5.74) is 0. The lowest BCUT2D eigenvalue weighted by atomic mass is 10.1. The van der Waals surface area contributed by atoms with Crippen molar-refractivity contribution in [2.24, 2.45) is 0 Å². The Kier molecular flexibility index (Phi) is 5.79. The van der Waals surface area contributed by atoms with E-state index in [0.717, 1.165) is 19.4 Å². The molecule has 0 aromatic carbocycles. The van der Waals surface area contributed by atoms with E-state index in [4.69, 9.17) is 4.74 Å². The van der Waals surface area contributed by atoms with Crippen LogP contribution < -0.4 is 10.6 Å². The minimum Gasteiger partial charge on any atom is -0.378 e. The highest BCUT2D eigenvalue weighted by atomic mass is 16.5. The van der Waals surface area contributed by atoms with Crippen LogP contribution in [0.1, 0.15) is 32.6 Å². The number of nitrogens with zero attached hydrogens (tertiary/aromatic N) is 1. The molecule has 2 rings (SSSR count). The molecule has 2 heterocycles. The van der Waals surface area contributed by atoms with Crippen molar-refractivity contribution in [2.45, 2.75) is 44.7 Å². The minimum absolute atomic E-state index is 0.0172. The first-order valence-corrected chi connectivity index (χ1v) is 7.60. The molecule has 2 aliphatic rings. The monoisotopic (exact) mass is 283 g/mol. The summed E-state index contributed by atoms with van der Waals surface area (Å²) in [5, 5.41) is 6.18. The van der Waals surface area contributed by atoms with Crippen LogP contribution in [-0.2, 0) is 14.3 Å². The van der Waals surface area contributed by atoms with Gasteiger partial charge in [0, 0.05) is 25.6 Å². The van der Waals surface area contributed by atoms with Crippen molar-refractivity contribution in [3.05, 3.63) is 0 Å². The summed E-state index contributed by atoms with van der Waals surface area (Å²) >= 11 is 0. The standard InChI is InChI=1S/C14H25N3O3/c1-2-12(14(19)17-6-8-20-9-7-17)16-13(18)10-11-4-3-5-15-11/h11-12,15H,2-10H2,1H3,(H,16,18). The lowest BCUT2D eigenvalue weighted by Crippen LogP contribution is -2.52. The second-order valence-corrected chi connectivity index (χ2v) is 5.46. The van der Waals surface area contributed by atoms with Gasteiger partial charge in [0.1, 0.15) is 6.04 Å². The van der Waals surface area contributed by atoms with Gasteiger partial charge >= 0.3 is 0 Å². The van der Waals surface area contributed by atoms with Crippen LogP contribution in [0.2, 0.25) is 0 Å². The van der Waals surface area contributed by atoms with E-state index < -0.39 is 6.04 Å². The Morgan fingerprint density at radius 3 is 2.75 bits per heavy atom. The Bertz CT molecular complexity index is 337. The van der Waals surface area contributed by atoms with Gasteiger partial charge in [0.15, 0.2) is 0 Å². The Balaban J connectivity index is 1.80. The zero-order chi connectivity index (χ0) is 14.4. The van der Waals surface area contributed by atoms with Crippen LogP contribution in [0.5, 0.6) is 0 Å². The fourth-order valence-electron chi connectivity index (χ4n) is 2.75. The third kappa shape index (κ3) is 4.18. The number of rotatable bonds is 5. The molecular formula is C14H25N3O3. The van der Waals surface area contributed by atoms with Crippen LogP contribution >= 0.6 is 0 Å². The fourth-order valence-corrected chi connectivity index (χ4v) is 2.75. The van der Waals surface area contributed by atoms with E-state index in [9.17, 15) is 9.59 Å². The summed E-state index contributed by atoms with van der Waals surface area (Å²) in [6.45, 7) is 5.33. The number of ether oxygens (including phenoxy) is 1. The molecule has 0 aromatic rings. The van der Waals surface area contributed by atoms with E-state index in [-0.39, 0.29) is 17.9 Å². The number of nitrogens with one attached hydrogen (secondary N) is 2. The van der Waals surface area contributed by atoms with Crippen molar-refractivity contribution in [3.8, 4) is 0 Å². The Labute approximate surface area is 120 Å². The molecule has 2 atom stereocenters. The van der Waals surface area contributed by atoms with Crippen LogP contribution in [-0.4, -0.2) is 61.6 Å². The second kappa shape index (κ2) is 7.59. The maximum atomic E-state index is 12.3.